The van der Waals surface area contributed by atoms with Crippen LogP contribution in [-0.4, -0.2) is 23.2 Å². The zero-order valence-corrected chi connectivity index (χ0v) is 11.7. The van der Waals surface area contributed by atoms with E-state index in [0.29, 0.717) is 0 Å². The van der Waals surface area contributed by atoms with Crippen LogP contribution in [0.5, 0.6) is 0 Å². The highest BCUT2D eigenvalue weighted by Gasteiger charge is 2.13. The third-order valence-electron chi connectivity index (χ3n) is 3.30. The van der Waals surface area contributed by atoms with Crippen molar-refractivity contribution < 1.29 is 5.11 Å². The Morgan fingerprint density at radius 1 is 0.950 bits per heavy atom. The van der Waals surface area contributed by atoms with Gasteiger partial charge in [0, 0.05) is 12.8 Å². The molecule has 0 aliphatic rings. The second-order valence-electron chi connectivity index (χ2n) is 4.84. The molecular formula is C17H22N2O. The Morgan fingerprint density at radius 2 is 1.75 bits per heavy atom. The highest BCUT2D eigenvalue weighted by molar-refractivity contribution is 5.27. The molecule has 0 aliphatic carbocycles. The monoisotopic (exact) mass is 270 g/mol. The zero-order valence-electron chi connectivity index (χ0n) is 11.7. The van der Waals surface area contributed by atoms with Crippen LogP contribution in [0.15, 0.2) is 54.7 Å². The Labute approximate surface area is 120 Å². The number of unbranched alkanes of at least 4 members (excludes halogenated alkanes) is 2. The fraction of sp³-hybridized carbons (Fsp3) is 0.353. The van der Waals surface area contributed by atoms with E-state index in [2.05, 4.69) is 40.6 Å². The molecule has 0 spiro atoms. The first-order valence-corrected chi connectivity index (χ1v) is 7.22. The molecule has 2 N–H and O–H groups in total. The standard InChI is InChI=1S/C17H22N2O/c20-14-8-2-6-13-19-17(15-9-3-1-4-10-15)16-11-5-7-12-18-16/h1,3-5,7,9-12,17,19-20H,2,6,8,13-14H2. The van der Waals surface area contributed by atoms with Crippen LogP contribution >= 0.6 is 0 Å². The topological polar surface area (TPSA) is 45.1 Å². The number of aliphatic hydroxyl groups excluding tert-OH is 1. The molecule has 3 nitrogen and oxygen atoms in total. The van der Waals surface area contributed by atoms with E-state index in [9.17, 15) is 0 Å². The highest BCUT2D eigenvalue weighted by Crippen LogP contribution is 2.19. The molecular weight excluding hydrogens is 248 g/mol. The lowest BCUT2D eigenvalue weighted by Gasteiger charge is -2.18. The smallest absolute Gasteiger partial charge is 0.0751 e. The Hall–Kier alpha value is -1.71. The normalized spacial score (nSPS) is 12.2. The minimum absolute atomic E-state index is 0.131. The molecule has 0 radical (unpaired) electrons. The first kappa shape index (κ1) is 14.7. The number of pyridine rings is 1. The highest BCUT2D eigenvalue weighted by atomic mass is 16.2. The van der Waals surface area contributed by atoms with Gasteiger partial charge in [0.05, 0.1) is 11.7 Å². The summed E-state index contributed by atoms with van der Waals surface area (Å²) in [5.41, 5.74) is 2.27. The molecule has 3 heteroatoms. The van der Waals surface area contributed by atoms with Crippen LogP contribution in [0.1, 0.15) is 36.6 Å². The van der Waals surface area contributed by atoms with Crippen molar-refractivity contribution in [3.8, 4) is 0 Å². The maximum Gasteiger partial charge on any atom is 0.0751 e. The lowest BCUT2D eigenvalue weighted by molar-refractivity contribution is 0.282. The molecule has 0 fully saturated rings. The molecule has 0 saturated heterocycles. The summed E-state index contributed by atoms with van der Waals surface area (Å²) in [6, 6.07) is 16.5. The summed E-state index contributed by atoms with van der Waals surface area (Å²) in [5.74, 6) is 0. The number of hydrogen-bond acceptors (Lipinski definition) is 3. The van der Waals surface area contributed by atoms with Gasteiger partial charge in [-0.05, 0) is 43.5 Å². The van der Waals surface area contributed by atoms with Crippen LogP contribution in [-0.2, 0) is 0 Å². The van der Waals surface area contributed by atoms with Crippen LogP contribution in [0.4, 0.5) is 0 Å². The predicted octanol–water partition coefficient (Wildman–Crippen LogP) is 2.92. The first-order chi connectivity index (χ1) is 9.92. The van der Waals surface area contributed by atoms with E-state index in [4.69, 9.17) is 5.11 Å². The third kappa shape index (κ3) is 4.44. The summed E-state index contributed by atoms with van der Waals surface area (Å²) in [7, 11) is 0. The van der Waals surface area contributed by atoms with Gasteiger partial charge in [-0.25, -0.2) is 0 Å². The van der Waals surface area contributed by atoms with E-state index in [1.807, 2.05) is 24.4 Å². The number of nitrogens with zero attached hydrogens (tertiary/aromatic N) is 1. The van der Waals surface area contributed by atoms with E-state index in [0.717, 1.165) is 31.5 Å². The lowest BCUT2D eigenvalue weighted by atomic mass is 10.0. The van der Waals surface area contributed by atoms with E-state index >= 15 is 0 Å². The molecule has 0 amide bonds. The van der Waals surface area contributed by atoms with Gasteiger partial charge in [-0.15, -0.1) is 0 Å². The molecule has 1 aromatic heterocycles. The van der Waals surface area contributed by atoms with Crippen molar-refractivity contribution in [2.45, 2.75) is 25.3 Å². The molecule has 20 heavy (non-hydrogen) atoms. The molecule has 1 unspecified atom stereocenters. The first-order valence-electron chi connectivity index (χ1n) is 7.22. The van der Waals surface area contributed by atoms with E-state index in [-0.39, 0.29) is 12.6 Å². The van der Waals surface area contributed by atoms with Crippen LogP contribution in [0.3, 0.4) is 0 Å². The van der Waals surface area contributed by atoms with Gasteiger partial charge in [-0.3, -0.25) is 4.98 Å². The SMILES string of the molecule is OCCCCCNC(c1ccccc1)c1ccccn1. The number of aliphatic hydroxyl groups is 1. The van der Waals surface area contributed by atoms with Crippen molar-refractivity contribution in [1.29, 1.82) is 0 Å². The van der Waals surface area contributed by atoms with Gasteiger partial charge >= 0.3 is 0 Å². The van der Waals surface area contributed by atoms with Crippen LogP contribution in [0.25, 0.3) is 0 Å². The quantitative estimate of drug-likeness (QED) is 0.725. The summed E-state index contributed by atoms with van der Waals surface area (Å²) in [6.45, 7) is 1.21. The molecule has 1 atom stereocenters. The fourth-order valence-corrected chi connectivity index (χ4v) is 2.25. The minimum atomic E-state index is 0.131. The average molecular weight is 270 g/mol. The Morgan fingerprint density at radius 3 is 2.45 bits per heavy atom. The predicted molar refractivity (Wildman–Crippen MR) is 81.5 cm³/mol. The van der Waals surface area contributed by atoms with Gasteiger partial charge in [0.1, 0.15) is 0 Å². The Bertz CT molecular complexity index is 433. The van der Waals surface area contributed by atoms with Crippen molar-refractivity contribution in [2.24, 2.45) is 0 Å². The van der Waals surface area contributed by atoms with Crippen LogP contribution < -0.4 is 5.32 Å². The second kappa shape index (κ2) is 8.46. The van der Waals surface area contributed by atoms with Crippen molar-refractivity contribution >= 4 is 0 Å². The van der Waals surface area contributed by atoms with Gasteiger partial charge in [0.15, 0.2) is 0 Å². The molecule has 0 aliphatic heterocycles. The summed E-state index contributed by atoms with van der Waals surface area (Å²) >= 11 is 0. The van der Waals surface area contributed by atoms with Gasteiger partial charge in [0.25, 0.3) is 0 Å². The lowest BCUT2D eigenvalue weighted by Crippen LogP contribution is -2.24. The molecule has 2 rings (SSSR count). The maximum absolute atomic E-state index is 8.80. The molecule has 1 aromatic carbocycles. The minimum Gasteiger partial charge on any atom is -0.396 e. The van der Waals surface area contributed by atoms with Crippen LogP contribution in [0.2, 0.25) is 0 Å². The van der Waals surface area contributed by atoms with Gasteiger partial charge in [0.2, 0.25) is 0 Å². The molecule has 0 bridgehead atoms. The van der Waals surface area contributed by atoms with Crippen molar-refractivity contribution in [2.75, 3.05) is 13.2 Å². The van der Waals surface area contributed by atoms with E-state index in [1.54, 1.807) is 0 Å². The van der Waals surface area contributed by atoms with Gasteiger partial charge in [-0.2, -0.15) is 0 Å². The summed E-state index contributed by atoms with van der Waals surface area (Å²) in [4.78, 5) is 4.47. The van der Waals surface area contributed by atoms with Crippen molar-refractivity contribution in [3.05, 3.63) is 66.0 Å². The Balaban J connectivity index is 2.02. The summed E-state index contributed by atoms with van der Waals surface area (Å²) in [6.07, 6.45) is 4.82. The molecule has 2 aromatic rings. The van der Waals surface area contributed by atoms with Crippen molar-refractivity contribution in [1.82, 2.24) is 10.3 Å². The zero-order chi connectivity index (χ0) is 14.0. The maximum atomic E-state index is 8.80. The largest absolute Gasteiger partial charge is 0.396 e. The Kier molecular flexibility index (Phi) is 6.21. The van der Waals surface area contributed by atoms with Crippen molar-refractivity contribution in [3.63, 3.8) is 0 Å². The number of hydrogen-bond donors (Lipinski definition) is 2. The van der Waals surface area contributed by atoms with Gasteiger partial charge in [-0.1, -0.05) is 36.4 Å². The number of rotatable bonds is 8. The third-order valence-corrected chi connectivity index (χ3v) is 3.30. The van der Waals surface area contributed by atoms with E-state index in [1.165, 1.54) is 5.56 Å². The molecule has 0 saturated carbocycles. The van der Waals surface area contributed by atoms with Gasteiger partial charge < -0.3 is 10.4 Å². The summed E-state index contributed by atoms with van der Waals surface area (Å²) in [5, 5.41) is 12.4. The fourth-order valence-electron chi connectivity index (χ4n) is 2.25. The number of nitrogens with one attached hydrogen (secondary N) is 1. The van der Waals surface area contributed by atoms with E-state index < -0.39 is 0 Å². The number of aromatic nitrogens is 1. The van der Waals surface area contributed by atoms with Crippen LogP contribution in [0, 0.1) is 0 Å². The second-order valence-corrected chi connectivity index (χ2v) is 4.84. The molecule has 1 heterocycles. The summed E-state index contributed by atoms with van der Waals surface area (Å²) < 4.78 is 0. The average Bonchev–Trinajstić information content (AvgIpc) is 2.53. The molecule has 106 valence electrons. The number of benzene rings is 1.